The van der Waals surface area contributed by atoms with Gasteiger partial charge in [0.05, 0.1) is 0 Å². The third-order valence-electron chi connectivity index (χ3n) is 3.78. The van der Waals surface area contributed by atoms with Crippen molar-refractivity contribution in [2.45, 2.75) is 33.8 Å². The summed E-state index contributed by atoms with van der Waals surface area (Å²) in [5.74, 6) is -1.13. The predicted octanol–water partition coefficient (Wildman–Crippen LogP) is 3.92. The SMILES string of the molecule is CC(=O)c1c(C)[nH]c(C(=O)OC(C)C(=O)c2ccc(Cl)cc2)c1C. The van der Waals surface area contributed by atoms with Crippen LogP contribution in [0.2, 0.25) is 5.02 Å². The molecular formula is C18H18ClNO4. The number of benzene rings is 1. The largest absolute Gasteiger partial charge is 0.450 e. The van der Waals surface area contributed by atoms with Gasteiger partial charge in [-0.2, -0.15) is 0 Å². The van der Waals surface area contributed by atoms with E-state index in [4.69, 9.17) is 16.3 Å². The number of ketones is 2. The number of aromatic amines is 1. The Kier molecular flexibility index (Phi) is 5.24. The zero-order valence-electron chi connectivity index (χ0n) is 13.9. The van der Waals surface area contributed by atoms with E-state index in [9.17, 15) is 14.4 Å². The van der Waals surface area contributed by atoms with Crippen molar-refractivity contribution in [3.8, 4) is 0 Å². The van der Waals surface area contributed by atoms with Crippen LogP contribution in [0, 0.1) is 13.8 Å². The average molecular weight is 348 g/mol. The number of Topliss-reactive ketones (excluding diaryl/α,β-unsaturated/α-hetero) is 2. The third kappa shape index (κ3) is 3.57. The summed E-state index contributed by atoms with van der Waals surface area (Å²) in [6, 6.07) is 6.35. The average Bonchev–Trinajstić information content (AvgIpc) is 2.82. The predicted molar refractivity (Wildman–Crippen MR) is 90.9 cm³/mol. The van der Waals surface area contributed by atoms with E-state index < -0.39 is 12.1 Å². The van der Waals surface area contributed by atoms with Gasteiger partial charge in [0, 0.05) is 21.8 Å². The molecule has 0 saturated heterocycles. The van der Waals surface area contributed by atoms with Gasteiger partial charge in [0.25, 0.3) is 0 Å². The Labute approximate surface area is 145 Å². The lowest BCUT2D eigenvalue weighted by Gasteiger charge is -2.12. The Bertz CT molecular complexity index is 805. The van der Waals surface area contributed by atoms with Crippen molar-refractivity contribution in [2.24, 2.45) is 0 Å². The molecule has 2 rings (SSSR count). The van der Waals surface area contributed by atoms with E-state index in [2.05, 4.69) is 4.98 Å². The minimum Gasteiger partial charge on any atom is -0.450 e. The lowest BCUT2D eigenvalue weighted by molar-refractivity contribution is 0.0313. The van der Waals surface area contributed by atoms with Gasteiger partial charge in [-0.25, -0.2) is 4.79 Å². The highest BCUT2D eigenvalue weighted by Gasteiger charge is 2.25. The molecule has 126 valence electrons. The monoisotopic (exact) mass is 347 g/mol. The molecular weight excluding hydrogens is 330 g/mol. The number of carbonyl (C=O) groups is 3. The maximum atomic E-state index is 12.3. The standard InChI is InChI=1S/C18H18ClNO4/c1-9-15(11(3)21)10(2)20-16(9)18(23)24-12(4)17(22)13-5-7-14(19)8-6-13/h5-8,12,20H,1-4H3. The fraction of sp³-hybridized carbons (Fsp3) is 0.278. The molecule has 1 aromatic carbocycles. The number of rotatable bonds is 5. The van der Waals surface area contributed by atoms with Gasteiger partial charge in [-0.05, 0) is 57.5 Å². The molecule has 1 aromatic heterocycles. The van der Waals surface area contributed by atoms with E-state index in [-0.39, 0.29) is 17.3 Å². The topological polar surface area (TPSA) is 76.2 Å². The summed E-state index contributed by atoms with van der Waals surface area (Å²) in [6.45, 7) is 6.32. The van der Waals surface area contributed by atoms with Crippen LogP contribution in [0.1, 0.15) is 56.3 Å². The molecule has 0 radical (unpaired) electrons. The Morgan fingerprint density at radius 1 is 1.12 bits per heavy atom. The van der Waals surface area contributed by atoms with E-state index in [0.717, 1.165) is 0 Å². The Morgan fingerprint density at radius 3 is 2.21 bits per heavy atom. The first kappa shape index (κ1) is 17.9. The van der Waals surface area contributed by atoms with E-state index in [1.165, 1.54) is 13.8 Å². The molecule has 0 aliphatic carbocycles. The van der Waals surface area contributed by atoms with Crippen molar-refractivity contribution >= 4 is 29.1 Å². The highest BCUT2D eigenvalue weighted by atomic mass is 35.5. The van der Waals surface area contributed by atoms with Crippen molar-refractivity contribution in [1.82, 2.24) is 4.98 Å². The summed E-state index contributed by atoms with van der Waals surface area (Å²) in [5, 5.41) is 0.519. The number of halogens is 1. The Hall–Kier alpha value is -2.40. The Morgan fingerprint density at radius 2 is 1.71 bits per heavy atom. The molecule has 2 aromatic rings. The number of hydrogen-bond donors (Lipinski definition) is 1. The maximum absolute atomic E-state index is 12.3. The number of nitrogens with one attached hydrogen (secondary N) is 1. The van der Waals surface area contributed by atoms with E-state index in [1.807, 2.05) is 0 Å². The van der Waals surface area contributed by atoms with E-state index in [1.54, 1.807) is 38.1 Å². The summed E-state index contributed by atoms with van der Waals surface area (Å²) < 4.78 is 5.25. The lowest BCUT2D eigenvalue weighted by atomic mass is 10.1. The molecule has 0 fully saturated rings. The molecule has 0 amide bonds. The summed E-state index contributed by atoms with van der Waals surface area (Å²) >= 11 is 5.79. The highest BCUT2D eigenvalue weighted by Crippen LogP contribution is 2.20. The summed E-state index contributed by atoms with van der Waals surface area (Å²) in [5.41, 5.74) is 2.19. The van der Waals surface area contributed by atoms with Crippen LogP contribution in [0.15, 0.2) is 24.3 Å². The molecule has 0 aliphatic rings. The quantitative estimate of drug-likeness (QED) is 0.657. The van der Waals surface area contributed by atoms with Crippen LogP contribution < -0.4 is 0 Å². The van der Waals surface area contributed by atoms with Crippen LogP contribution in [0.5, 0.6) is 0 Å². The number of hydrogen-bond acceptors (Lipinski definition) is 4. The van der Waals surface area contributed by atoms with Crippen LogP contribution in [-0.4, -0.2) is 28.6 Å². The van der Waals surface area contributed by atoms with Crippen molar-refractivity contribution in [3.05, 3.63) is 57.4 Å². The van der Waals surface area contributed by atoms with Gasteiger partial charge in [0.15, 0.2) is 11.9 Å². The van der Waals surface area contributed by atoms with Crippen LogP contribution in [0.25, 0.3) is 0 Å². The van der Waals surface area contributed by atoms with Gasteiger partial charge in [0.1, 0.15) is 5.69 Å². The summed E-state index contributed by atoms with van der Waals surface area (Å²) in [6.07, 6.45) is -0.956. The molecule has 1 atom stereocenters. The van der Waals surface area contributed by atoms with Gasteiger partial charge in [0.2, 0.25) is 5.78 Å². The number of aromatic nitrogens is 1. The van der Waals surface area contributed by atoms with E-state index in [0.29, 0.717) is 27.4 Å². The van der Waals surface area contributed by atoms with Crippen molar-refractivity contribution in [2.75, 3.05) is 0 Å². The molecule has 0 spiro atoms. The zero-order valence-corrected chi connectivity index (χ0v) is 14.7. The third-order valence-corrected chi connectivity index (χ3v) is 4.03. The fourth-order valence-electron chi connectivity index (χ4n) is 2.60. The molecule has 1 unspecified atom stereocenters. The first-order valence-electron chi connectivity index (χ1n) is 7.43. The van der Waals surface area contributed by atoms with Crippen LogP contribution >= 0.6 is 11.6 Å². The number of ether oxygens (including phenoxy) is 1. The normalized spacial score (nSPS) is 11.9. The molecule has 1 heterocycles. The second-order valence-corrected chi connectivity index (χ2v) is 6.04. The molecule has 0 bridgehead atoms. The zero-order chi connectivity index (χ0) is 18.0. The van der Waals surface area contributed by atoms with Crippen molar-refractivity contribution in [1.29, 1.82) is 0 Å². The lowest BCUT2D eigenvalue weighted by Crippen LogP contribution is -2.25. The van der Waals surface area contributed by atoms with Gasteiger partial charge in [-0.3, -0.25) is 9.59 Å². The maximum Gasteiger partial charge on any atom is 0.355 e. The first-order valence-corrected chi connectivity index (χ1v) is 7.81. The number of carbonyl (C=O) groups excluding carboxylic acids is 3. The summed E-state index contributed by atoms with van der Waals surface area (Å²) in [7, 11) is 0. The van der Waals surface area contributed by atoms with Crippen LogP contribution in [0.4, 0.5) is 0 Å². The minimum absolute atomic E-state index is 0.134. The minimum atomic E-state index is -0.956. The smallest absolute Gasteiger partial charge is 0.355 e. The van der Waals surface area contributed by atoms with Crippen LogP contribution in [-0.2, 0) is 4.74 Å². The molecule has 5 nitrogen and oxygen atoms in total. The van der Waals surface area contributed by atoms with E-state index >= 15 is 0 Å². The van der Waals surface area contributed by atoms with Crippen molar-refractivity contribution < 1.29 is 19.1 Å². The first-order chi connectivity index (χ1) is 11.2. The van der Waals surface area contributed by atoms with Gasteiger partial charge < -0.3 is 9.72 Å². The summed E-state index contributed by atoms with van der Waals surface area (Å²) in [4.78, 5) is 39.1. The number of aryl methyl sites for hydroxylation is 1. The number of esters is 1. The molecule has 0 saturated carbocycles. The molecule has 6 heteroatoms. The van der Waals surface area contributed by atoms with Crippen LogP contribution in [0.3, 0.4) is 0 Å². The van der Waals surface area contributed by atoms with Crippen molar-refractivity contribution in [3.63, 3.8) is 0 Å². The molecule has 0 aliphatic heterocycles. The second kappa shape index (κ2) is 7.01. The molecule has 24 heavy (non-hydrogen) atoms. The highest BCUT2D eigenvalue weighted by molar-refractivity contribution is 6.30. The Balaban J connectivity index is 2.17. The van der Waals surface area contributed by atoms with Gasteiger partial charge in [-0.1, -0.05) is 11.6 Å². The second-order valence-electron chi connectivity index (χ2n) is 5.60. The van der Waals surface area contributed by atoms with Gasteiger partial charge >= 0.3 is 5.97 Å². The van der Waals surface area contributed by atoms with Gasteiger partial charge in [-0.15, -0.1) is 0 Å². The number of H-pyrrole nitrogens is 1. The fourth-order valence-corrected chi connectivity index (χ4v) is 2.73. The molecule has 1 N–H and O–H groups in total.